The number of para-hydroxylation sites is 1. The van der Waals surface area contributed by atoms with Gasteiger partial charge in [-0.1, -0.05) is 42.0 Å². The first-order valence-corrected chi connectivity index (χ1v) is 11.3. The first-order chi connectivity index (χ1) is 15.4. The Kier molecular flexibility index (Phi) is 6.37. The summed E-state index contributed by atoms with van der Waals surface area (Å²) < 4.78 is 6.37. The van der Waals surface area contributed by atoms with E-state index < -0.39 is 0 Å². The number of nitrogens with zero attached hydrogens (tertiary/aromatic N) is 1. The molecule has 0 atom stereocenters. The first kappa shape index (κ1) is 21.8. The van der Waals surface area contributed by atoms with Crippen LogP contribution in [0.15, 0.2) is 60.7 Å². The number of hydrogen-bond donors (Lipinski definition) is 1. The van der Waals surface area contributed by atoms with E-state index in [4.69, 9.17) is 9.72 Å². The lowest BCUT2D eigenvalue weighted by atomic mass is 10.0. The van der Waals surface area contributed by atoms with Crippen LogP contribution in [0.4, 0.5) is 5.69 Å². The summed E-state index contributed by atoms with van der Waals surface area (Å²) in [7, 11) is 1.65. The molecule has 0 saturated heterocycles. The molecule has 1 aromatic heterocycles. The number of thiazole rings is 1. The van der Waals surface area contributed by atoms with Gasteiger partial charge in [-0.2, -0.15) is 0 Å². The minimum absolute atomic E-state index is 0.0564. The van der Waals surface area contributed by atoms with Gasteiger partial charge >= 0.3 is 0 Å². The number of hydrogen-bond acceptors (Lipinski definition) is 4. The largest absolute Gasteiger partial charge is 0.497 e. The molecule has 0 aliphatic carbocycles. The van der Waals surface area contributed by atoms with Crippen LogP contribution in [0, 0.1) is 20.8 Å². The fraction of sp³-hybridized carbons (Fsp3) is 0.185. The van der Waals surface area contributed by atoms with E-state index in [9.17, 15) is 4.79 Å². The van der Waals surface area contributed by atoms with Crippen molar-refractivity contribution >= 4 is 44.8 Å². The van der Waals surface area contributed by atoms with Crippen LogP contribution in [-0.4, -0.2) is 18.0 Å². The second-order valence-corrected chi connectivity index (χ2v) is 8.96. The van der Waals surface area contributed by atoms with Crippen molar-refractivity contribution in [1.29, 1.82) is 0 Å². The molecule has 4 aromatic rings. The zero-order chi connectivity index (χ0) is 22.7. The molecule has 162 valence electrons. The average Bonchev–Trinajstić information content (AvgIpc) is 3.20. The van der Waals surface area contributed by atoms with Gasteiger partial charge in [-0.3, -0.25) is 4.79 Å². The summed E-state index contributed by atoms with van der Waals surface area (Å²) in [5.41, 5.74) is 7.03. The SMILES string of the molecule is COc1ccc(/C=C(/CC(=O)Nc2c(C)cc(C)cc2C)c2nc3ccccc3s2)cc1. The molecule has 1 heterocycles. The molecule has 5 heteroatoms. The maximum atomic E-state index is 13.1. The summed E-state index contributed by atoms with van der Waals surface area (Å²) in [6.45, 7) is 6.11. The minimum atomic E-state index is -0.0564. The molecule has 0 radical (unpaired) electrons. The number of aryl methyl sites for hydroxylation is 3. The number of carbonyl (C=O) groups is 1. The van der Waals surface area contributed by atoms with E-state index in [2.05, 4.69) is 30.4 Å². The Balaban J connectivity index is 1.67. The summed E-state index contributed by atoms with van der Waals surface area (Å²) in [5.74, 6) is 0.742. The normalized spacial score (nSPS) is 11.6. The van der Waals surface area contributed by atoms with E-state index in [1.807, 2.05) is 62.4 Å². The fourth-order valence-electron chi connectivity index (χ4n) is 3.83. The highest BCUT2D eigenvalue weighted by atomic mass is 32.1. The van der Waals surface area contributed by atoms with Gasteiger partial charge in [0.1, 0.15) is 10.8 Å². The van der Waals surface area contributed by atoms with Crippen molar-refractivity contribution in [2.75, 3.05) is 12.4 Å². The van der Waals surface area contributed by atoms with Crippen LogP contribution >= 0.6 is 11.3 Å². The average molecular weight is 443 g/mol. The number of anilines is 1. The van der Waals surface area contributed by atoms with E-state index in [1.165, 1.54) is 5.56 Å². The van der Waals surface area contributed by atoms with Gasteiger partial charge in [0.05, 0.1) is 23.7 Å². The van der Waals surface area contributed by atoms with E-state index >= 15 is 0 Å². The highest BCUT2D eigenvalue weighted by molar-refractivity contribution is 7.19. The Labute approximate surface area is 192 Å². The molecule has 4 rings (SSSR count). The van der Waals surface area contributed by atoms with E-state index in [0.29, 0.717) is 0 Å². The Morgan fingerprint density at radius 1 is 1.03 bits per heavy atom. The molecular weight excluding hydrogens is 416 g/mol. The number of ether oxygens (including phenoxy) is 1. The van der Waals surface area contributed by atoms with E-state index in [-0.39, 0.29) is 12.3 Å². The number of rotatable bonds is 6. The van der Waals surface area contributed by atoms with Crippen LogP contribution in [0.2, 0.25) is 0 Å². The summed E-state index contributed by atoms with van der Waals surface area (Å²) >= 11 is 1.60. The van der Waals surface area contributed by atoms with Gasteiger partial charge in [0.15, 0.2) is 0 Å². The lowest BCUT2D eigenvalue weighted by molar-refractivity contribution is -0.115. The zero-order valence-corrected chi connectivity index (χ0v) is 19.5. The van der Waals surface area contributed by atoms with Gasteiger partial charge in [-0.15, -0.1) is 11.3 Å². The Bertz CT molecular complexity index is 1250. The second kappa shape index (κ2) is 9.37. The van der Waals surface area contributed by atoms with Crippen molar-refractivity contribution in [2.45, 2.75) is 27.2 Å². The number of nitrogens with one attached hydrogen (secondary N) is 1. The number of benzene rings is 3. The molecule has 4 nitrogen and oxygen atoms in total. The van der Waals surface area contributed by atoms with Crippen LogP contribution < -0.4 is 10.1 Å². The highest BCUT2D eigenvalue weighted by Gasteiger charge is 2.15. The molecule has 0 fully saturated rings. The number of fused-ring (bicyclic) bond motifs is 1. The molecule has 1 amide bonds. The molecule has 0 spiro atoms. The minimum Gasteiger partial charge on any atom is -0.497 e. The van der Waals surface area contributed by atoms with Crippen molar-refractivity contribution in [1.82, 2.24) is 4.98 Å². The Hall–Kier alpha value is -3.44. The second-order valence-electron chi connectivity index (χ2n) is 7.93. The molecule has 0 aliphatic heterocycles. The van der Waals surface area contributed by atoms with Crippen LogP contribution in [-0.2, 0) is 4.79 Å². The third kappa shape index (κ3) is 4.89. The topological polar surface area (TPSA) is 51.2 Å². The molecule has 0 unspecified atom stereocenters. The van der Waals surface area contributed by atoms with Crippen molar-refractivity contribution in [3.63, 3.8) is 0 Å². The van der Waals surface area contributed by atoms with Crippen LogP contribution in [0.3, 0.4) is 0 Å². The number of aromatic nitrogens is 1. The first-order valence-electron chi connectivity index (χ1n) is 10.5. The number of methoxy groups -OCH3 is 1. The molecule has 0 aliphatic rings. The maximum Gasteiger partial charge on any atom is 0.228 e. The van der Waals surface area contributed by atoms with Gasteiger partial charge in [-0.05, 0) is 73.4 Å². The van der Waals surface area contributed by atoms with Crippen molar-refractivity contribution in [3.05, 3.63) is 87.9 Å². The van der Waals surface area contributed by atoms with E-state index in [1.54, 1.807) is 18.4 Å². The number of carbonyl (C=O) groups excluding carboxylic acids is 1. The number of amides is 1. The molecule has 0 saturated carbocycles. The van der Waals surface area contributed by atoms with Crippen LogP contribution in [0.1, 0.15) is 33.7 Å². The summed E-state index contributed by atoms with van der Waals surface area (Å²) in [4.78, 5) is 17.9. The third-order valence-corrected chi connectivity index (χ3v) is 6.43. The molecule has 3 aromatic carbocycles. The summed E-state index contributed by atoms with van der Waals surface area (Å²) in [5, 5.41) is 3.98. The maximum absolute atomic E-state index is 13.1. The van der Waals surface area contributed by atoms with Gasteiger partial charge in [0.25, 0.3) is 0 Å². The lowest BCUT2D eigenvalue weighted by Gasteiger charge is -2.13. The van der Waals surface area contributed by atoms with Gasteiger partial charge in [-0.25, -0.2) is 4.98 Å². The molecular formula is C27H26N2O2S. The van der Waals surface area contributed by atoms with Gasteiger partial charge in [0, 0.05) is 5.69 Å². The van der Waals surface area contributed by atoms with Gasteiger partial charge < -0.3 is 10.1 Å². The Morgan fingerprint density at radius 2 is 1.72 bits per heavy atom. The van der Waals surface area contributed by atoms with Gasteiger partial charge in [0.2, 0.25) is 5.91 Å². The molecule has 32 heavy (non-hydrogen) atoms. The van der Waals surface area contributed by atoms with E-state index in [0.717, 1.165) is 48.9 Å². The third-order valence-electron chi connectivity index (χ3n) is 5.32. The fourth-order valence-corrected chi connectivity index (χ4v) is 4.81. The predicted molar refractivity (Wildman–Crippen MR) is 134 cm³/mol. The van der Waals surface area contributed by atoms with Crippen molar-refractivity contribution in [2.24, 2.45) is 0 Å². The van der Waals surface area contributed by atoms with Crippen LogP contribution in [0.25, 0.3) is 21.9 Å². The summed E-state index contributed by atoms with van der Waals surface area (Å²) in [6, 6.07) is 20.0. The smallest absolute Gasteiger partial charge is 0.228 e. The van der Waals surface area contributed by atoms with Crippen LogP contribution in [0.5, 0.6) is 5.75 Å². The zero-order valence-electron chi connectivity index (χ0n) is 18.7. The molecule has 0 bridgehead atoms. The predicted octanol–water partition coefficient (Wildman–Crippen LogP) is 6.80. The standard InChI is InChI=1S/C27H26N2O2S/c1-17-13-18(2)26(19(3)14-17)29-25(30)16-21(15-20-9-11-22(31-4)12-10-20)27-28-23-7-5-6-8-24(23)32-27/h5-15H,16H2,1-4H3,(H,29,30)/b21-15-. The Morgan fingerprint density at radius 3 is 2.38 bits per heavy atom. The van der Waals surface area contributed by atoms with Crippen molar-refractivity contribution in [3.8, 4) is 5.75 Å². The lowest BCUT2D eigenvalue weighted by Crippen LogP contribution is -2.14. The van der Waals surface area contributed by atoms with Crippen molar-refractivity contribution < 1.29 is 9.53 Å². The highest BCUT2D eigenvalue weighted by Crippen LogP contribution is 2.31. The monoisotopic (exact) mass is 442 g/mol. The molecule has 1 N–H and O–H groups in total. The summed E-state index contributed by atoms with van der Waals surface area (Å²) in [6.07, 6.45) is 2.27. The quantitative estimate of drug-likeness (QED) is 0.357.